The first-order valence-corrected chi connectivity index (χ1v) is 12.2. The van der Waals surface area contributed by atoms with Gasteiger partial charge in [0.05, 0.1) is 23.6 Å². The average Bonchev–Trinajstić information content (AvgIpc) is 2.86. The Hall–Kier alpha value is -4.06. The van der Waals surface area contributed by atoms with Gasteiger partial charge in [-0.25, -0.2) is 4.39 Å². The van der Waals surface area contributed by atoms with E-state index in [0.717, 1.165) is 0 Å². The number of likely N-dealkylation sites (N-methyl/N-ethyl adjacent to an activating group) is 1. The van der Waals surface area contributed by atoms with Gasteiger partial charge in [0, 0.05) is 17.1 Å². The number of nitrogens with two attached hydrogens (primary N) is 1. The molecule has 0 spiro atoms. The summed E-state index contributed by atoms with van der Waals surface area (Å²) in [5, 5.41) is 56.8. The van der Waals surface area contributed by atoms with Crippen molar-refractivity contribution in [1.82, 2.24) is 4.90 Å². The number of nitrogens with zero attached hydrogens (tertiary/aromatic N) is 1. The molecule has 204 valence electrons. The highest BCUT2D eigenvalue weighted by atomic mass is 19.1. The summed E-state index contributed by atoms with van der Waals surface area (Å²) in [6.45, 7) is 1.65. The third-order valence-corrected chi connectivity index (χ3v) is 8.29. The fourth-order valence-corrected chi connectivity index (χ4v) is 6.49. The number of aliphatic hydroxyl groups excluding tert-OH is 3. The normalized spacial score (nSPS) is 30.3. The number of carbonyl (C=O) groups excluding carboxylic acids is 3. The van der Waals surface area contributed by atoms with Gasteiger partial charge in [-0.1, -0.05) is 31.2 Å². The predicted molar refractivity (Wildman–Crippen MR) is 135 cm³/mol. The second-order valence-corrected chi connectivity index (χ2v) is 10.5. The van der Waals surface area contributed by atoms with E-state index in [0.29, 0.717) is 11.1 Å². The molecular weight excluding hydrogens is 511 g/mol. The van der Waals surface area contributed by atoms with Gasteiger partial charge >= 0.3 is 0 Å². The number of amides is 1. The summed E-state index contributed by atoms with van der Waals surface area (Å²) in [6, 6.07) is 7.00. The maximum Gasteiger partial charge on any atom is 0.255 e. The number of carbonyl (C=O) groups is 3. The number of benzene rings is 2. The van der Waals surface area contributed by atoms with Crippen LogP contribution < -0.4 is 5.73 Å². The Morgan fingerprint density at radius 3 is 2.23 bits per heavy atom. The van der Waals surface area contributed by atoms with Gasteiger partial charge in [-0.15, -0.1) is 0 Å². The number of fused-ring (bicyclic) bond motifs is 3. The maximum absolute atomic E-state index is 13.9. The molecule has 3 aliphatic rings. The van der Waals surface area contributed by atoms with Crippen LogP contribution in [-0.2, 0) is 9.59 Å². The van der Waals surface area contributed by atoms with E-state index in [1.165, 1.54) is 43.3 Å². The van der Waals surface area contributed by atoms with Crippen LogP contribution >= 0.6 is 0 Å². The number of rotatable bonds is 3. The fourth-order valence-electron chi connectivity index (χ4n) is 6.49. The van der Waals surface area contributed by atoms with Crippen molar-refractivity contribution in [3.8, 4) is 16.9 Å². The summed E-state index contributed by atoms with van der Waals surface area (Å²) in [4.78, 5) is 40.8. The molecule has 7 N–H and O–H groups in total. The largest absolute Gasteiger partial charge is 0.510 e. The van der Waals surface area contributed by atoms with Gasteiger partial charge in [-0.3, -0.25) is 19.3 Å². The Balaban J connectivity index is 1.76. The van der Waals surface area contributed by atoms with Crippen molar-refractivity contribution < 1.29 is 44.3 Å². The monoisotopic (exact) mass is 538 g/mol. The molecule has 0 bridgehead atoms. The van der Waals surface area contributed by atoms with Crippen LogP contribution in [0.2, 0.25) is 0 Å². The first-order chi connectivity index (χ1) is 18.2. The van der Waals surface area contributed by atoms with Crippen molar-refractivity contribution in [1.29, 1.82) is 0 Å². The molecule has 0 heterocycles. The molecule has 2 aromatic carbocycles. The second-order valence-electron chi connectivity index (χ2n) is 10.5. The average molecular weight is 539 g/mol. The summed E-state index contributed by atoms with van der Waals surface area (Å²) in [7, 11) is 2.94. The van der Waals surface area contributed by atoms with E-state index in [-0.39, 0.29) is 11.1 Å². The first kappa shape index (κ1) is 26.5. The molecule has 6 atom stereocenters. The van der Waals surface area contributed by atoms with E-state index in [9.17, 15) is 44.3 Å². The zero-order chi connectivity index (χ0) is 28.7. The fraction of sp³-hybridized carbons (Fsp3) is 0.321. The van der Waals surface area contributed by atoms with Gasteiger partial charge in [0.1, 0.15) is 28.7 Å². The Morgan fingerprint density at radius 1 is 1.05 bits per heavy atom. The van der Waals surface area contributed by atoms with E-state index < -0.39 is 87.2 Å². The summed E-state index contributed by atoms with van der Waals surface area (Å²) in [5.74, 6) is -10.0. The predicted octanol–water partition coefficient (Wildman–Crippen LogP) is 1.46. The van der Waals surface area contributed by atoms with Crippen LogP contribution in [0.15, 0.2) is 59.1 Å². The minimum Gasteiger partial charge on any atom is -0.510 e. The van der Waals surface area contributed by atoms with Crippen molar-refractivity contribution in [2.45, 2.75) is 30.6 Å². The van der Waals surface area contributed by atoms with Gasteiger partial charge in [0.25, 0.3) is 5.91 Å². The molecular formula is C28H27FN2O8. The first-order valence-electron chi connectivity index (χ1n) is 12.2. The molecule has 10 nitrogen and oxygen atoms in total. The Bertz CT molecular complexity index is 1510. The van der Waals surface area contributed by atoms with Crippen LogP contribution in [0.1, 0.15) is 28.8 Å². The van der Waals surface area contributed by atoms with Crippen LogP contribution in [0.25, 0.3) is 11.1 Å². The molecule has 3 aliphatic carbocycles. The molecule has 5 rings (SSSR count). The lowest BCUT2D eigenvalue weighted by molar-refractivity contribution is -0.162. The molecule has 2 aromatic rings. The second kappa shape index (κ2) is 8.73. The molecule has 0 aromatic heterocycles. The minimum atomic E-state index is -2.98. The zero-order valence-electron chi connectivity index (χ0n) is 21.2. The molecule has 0 unspecified atom stereocenters. The van der Waals surface area contributed by atoms with E-state index in [4.69, 9.17) is 5.73 Å². The lowest BCUT2D eigenvalue weighted by Crippen LogP contribution is -2.68. The molecule has 0 saturated heterocycles. The van der Waals surface area contributed by atoms with Crippen molar-refractivity contribution in [2.75, 3.05) is 14.1 Å². The number of ketones is 2. The minimum absolute atomic E-state index is 0.200. The highest BCUT2D eigenvalue weighted by Crippen LogP contribution is 2.56. The summed E-state index contributed by atoms with van der Waals surface area (Å²) in [6.07, 6.45) is -1.67. The third-order valence-electron chi connectivity index (χ3n) is 8.29. The Morgan fingerprint density at radius 2 is 1.67 bits per heavy atom. The molecule has 0 saturated carbocycles. The van der Waals surface area contributed by atoms with E-state index >= 15 is 0 Å². The van der Waals surface area contributed by atoms with Crippen LogP contribution in [-0.4, -0.2) is 79.7 Å². The molecule has 1 amide bonds. The molecule has 0 radical (unpaired) electrons. The van der Waals surface area contributed by atoms with Gasteiger partial charge in [0.15, 0.2) is 11.4 Å². The van der Waals surface area contributed by atoms with Crippen molar-refractivity contribution in [3.05, 3.63) is 76.0 Å². The number of phenolic OH excluding ortho intramolecular Hbond substituents is 1. The topological polar surface area (TPSA) is 182 Å². The molecule has 0 fully saturated rings. The smallest absolute Gasteiger partial charge is 0.255 e. The Labute approximate surface area is 222 Å². The standard InChI is InChI=1S/C28H27FN2O8/c1-10-13-8-9-14(11-4-6-12(29)7-5-11)21(32)16(13)22(33)17-15(10)23(34)19-20(31(2)3)24(35)18(27(30)38)26(37)28(19,39)25(17)36/h4-10,15,19-20,23,32,34-36,39H,1-3H3,(H2,30,38)/t10-,15+,19+,20-,23-,28-/m0/s1. The zero-order valence-corrected chi connectivity index (χ0v) is 21.2. The lowest BCUT2D eigenvalue weighted by atomic mass is 9.55. The third kappa shape index (κ3) is 3.40. The Kier molecular flexibility index (Phi) is 5.94. The number of Topliss-reactive ketones (excluding diaryl/α,β-unsaturated/α-hetero) is 2. The number of aliphatic hydroxyl groups is 4. The van der Waals surface area contributed by atoms with Gasteiger partial charge in [-0.05, 0) is 43.3 Å². The summed E-state index contributed by atoms with van der Waals surface area (Å²) < 4.78 is 13.5. The number of aromatic hydroxyl groups is 1. The number of primary amides is 1. The van der Waals surface area contributed by atoms with Gasteiger partial charge in [0.2, 0.25) is 5.78 Å². The van der Waals surface area contributed by atoms with Crippen LogP contribution in [0, 0.1) is 17.7 Å². The van der Waals surface area contributed by atoms with Crippen molar-refractivity contribution in [2.24, 2.45) is 17.6 Å². The quantitative estimate of drug-likeness (QED) is 0.315. The van der Waals surface area contributed by atoms with Gasteiger partial charge < -0.3 is 31.3 Å². The summed E-state index contributed by atoms with van der Waals surface area (Å²) >= 11 is 0. The van der Waals surface area contributed by atoms with Crippen molar-refractivity contribution >= 4 is 17.5 Å². The van der Waals surface area contributed by atoms with Crippen LogP contribution in [0.5, 0.6) is 5.75 Å². The van der Waals surface area contributed by atoms with E-state index in [1.54, 1.807) is 19.1 Å². The van der Waals surface area contributed by atoms with E-state index in [1.807, 2.05) is 0 Å². The maximum atomic E-state index is 13.9. The molecule has 0 aliphatic heterocycles. The lowest BCUT2D eigenvalue weighted by Gasteiger charge is -2.53. The van der Waals surface area contributed by atoms with E-state index in [2.05, 4.69) is 0 Å². The van der Waals surface area contributed by atoms with Gasteiger partial charge in [-0.2, -0.15) is 0 Å². The molecule has 39 heavy (non-hydrogen) atoms. The SMILES string of the molecule is C[C@H]1c2ccc(-c3ccc(F)cc3)c(O)c2C(=O)C2=C(O)[C@]3(O)C(=O)C(C(N)=O)=C(O)[C@@H](N(C)C)[C@@H]3[C@@H](O)[C@@H]21. The highest BCUT2D eigenvalue weighted by Gasteiger charge is 2.67. The number of hydrogen-bond acceptors (Lipinski definition) is 9. The van der Waals surface area contributed by atoms with Crippen molar-refractivity contribution in [3.63, 3.8) is 0 Å². The van der Waals surface area contributed by atoms with Crippen LogP contribution in [0.3, 0.4) is 0 Å². The summed E-state index contributed by atoms with van der Waals surface area (Å²) in [5.41, 5.74) is 1.63. The highest BCUT2D eigenvalue weighted by molar-refractivity contribution is 6.25. The number of phenols is 1. The van der Waals surface area contributed by atoms with Crippen LogP contribution in [0.4, 0.5) is 4.39 Å². The number of hydrogen-bond donors (Lipinski definition) is 6. The molecule has 11 heteroatoms. The number of halogens is 1.